The number of benzene rings is 1. The van der Waals surface area contributed by atoms with Gasteiger partial charge in [-0.05, 0) is 31.7 Å². The molecule has 1 aromatic rings. The Morgan fingerprint density at radius 1 is 1.37 bits per heavy atom. The molecule has 1 N–H and O–H groups in total. The van der Waals surface area contributed by atoms with E-state index >= 15 is 0 Å². The summed E-state index contributed by atoms with van der Waals surface area (Å²) in [6.07, 6.45) is 3.12. The van der Waals surface area contributed by atoms with Gasteiger partial charge in [0, 0.05) is 25.2 Å². The van der Waals surface area contributed by atoms with Gasteiger partial charge in [-0.25, -0.2) is 4.99 Å². The van der Waals surface area contributed by atoms with E-state index in [9.17, 15) is 19.7 Å². The number of nitrogens with one attached hydrogen (secondary N) is 1. The maximum Gasteiger partial charge on any atom is 0.321 e. The van der Waals surface area contributed by atoms with Crippen LogP contribution in [0.4, 0.5) is 5.69 Å². The molecule has 0 bridgehead atoms. The molecule has 0 unspecified atom stereocenters. The second-order valence-electron chi connectivity index (χ2n) is 6.52. The summed E-state index contributed by atoms with van der Waals surface area (Å²) in [6.45, 7) is 3.33. The van der Waals surface area contributed by atoms with Crippen molar-refractivity contribution in [3.8, 4) is 0 Å². The predicted octanol–water partition coefficient (Wildman–Crippen LogP) is 1.79. The third-order valence-electron chi connectivity index (χ3n) is 4.71. The fourth-order valence-electron chi connectivity index (χ4n) is 3.39. The number of hydrogen-bond acceptors (Lipinski definition) is 7. The van der Waals surface area contributed by atoms with E-state index in [0.717, 1.165) is 32.4 Å². The average Bonchev–Trinajstić information content (AvgIpc) is 2.68. The van der Waals surface area contributed by atoms with Gasteiger partial charge in [-0.15, -0.1) is 0 Å². The number of nitrogens with zero attached hydrogens (tertiary/aromatic N) is 3. The highest BCUT2D eigenvalue weighted by Gasteiger charge is 2.42. The van der Waals surface area contributed by atoms with Crippen LogP contribution in [0.25, 0.3) is 0 Å². The molecule has 0 radical (unpaired) electrons. The fourth-order valence-corrected chi connectivity index (χ4v) is 3.39. The number of likely N-dealkylation sites (tertiary alicyclic amines) is 1. The van der Waals surface area contributed by atoms with Crippen LogP contribution in [-0.4, -0.2) is 47.4 Å². The van der Waals surface area contributed by atoms with Crippen molar-refractivity contribution in [1.29, 1.82) is 0 Å². The Morgan fingerprint density at radius 2 is 2.11 bits per heavy atom. The van der Waals surface area contributed by atoms with Crippen molar-refractivity contribution in [3.05, 3.63) is 39.9 Å². The van der Waals surface area contributed by atoms with Crippen molar-refractivity contribution < 1.29 is 19.2 Å². The van der Waals surface area contributed by atoms with Crippen LogP contribution in [-0.2, 0) is 14.3 Å². The summed E-state index contributed by atoms with van der Waals surface area (Å²) in [5, 5.41) is 13.8. The molecule has 1 saturated heterocycles. The van der Waals surface area contributed by atoms with Crippen molar-refractivity contribution >= 4 is 23.5 Å². The zero-order valence-corrected chi connectivity index (χ0v) is 15.1. The summed E-state index contributed by atoms with van der Waals surface area (Å²) in [5.74, 6) is -1.95. The second kappa shape index (κ2) is 8.15. The minimum Gasteiger partial charge on any atom is -0.465 e. The molecule has 0 aromatic heterocycles. The highest BCUT2D eigenvalue weighted by molar-refractivity contribution is 6.08. The molecule has 27 heavy (non-hydrogen) atoms. The first-order valence-corrected chi connectivity index (χ1v) is 9.06. The van der Waals surface area contributed by atoms with Crippen LogP contribution in [0.2, 0.25) is 0 Å². The number of carbonyl (C=O) groups is 2. The minimum absolute atomic E-state index is 0.115. The maximum atomic E-state index is 12.7. The lowest BCUT2D eigenvalue weighted by molar-refractivity contribution is -0.384. The Labute approximate surface area is 156 Å². The molecular formula is C18H22N4O5. The summed E-state index contributed by atoms with van der Waals surface area (Å²) in [6, 6.07) is 5.01. The molecule has 3 rings (SSSR count). The Morgan fingerprint density at radius 3 is 2.78 bits per heavy atom. The van der Waals surface area contributed by atoms with E-state index in [1.54, 1.807) is 13.0 Å². The normalized spacial score (nSPS) is 22.6. The van der Waals surface area contributed by atoms with Crippen molar-refractivity contribution in [3.63, 3.8) is 0 Å². The average molecular weight is 374 g/mol. The maximum absolute atomic E-state index is 12.7. The molecule has 0 saturated carbocycles. The third-order valence-corrected chi connectivity index (χ3v) is 4.71. The number of non-ortho nitro benzene ring substituents is 1. The molecule has 1 fully saturated rings. The quantitative estimate of drug-likeness (QED) is 0.372. The number of carbonyl (C=O) groups excluding carboxylic acids is 2. The number of esters is 1. The number of hydrogen-bond donors (Lipinski definition) is 1. The summed E-state index contributed by atoms with van der Waals surface area (Å²) in [7, 11) is 0. The van der Waals surface area contributed by atoms with Crippen molar-refractivity contribution in [2.75, 3.05) is 19.7 Å². The number of nitro benzene ring substituents is 1. The zero-order valence-electron chi connectivity index (χ0n) is 15.1. The van der Waals surface area contributed by atoms with E-state index in [0.29, 0.717) is 11.5 Å². The lowest BCUT2D eigenvalue weighted by atomic mass is 9.91. The Balaban J connectivity index is 2.01. The van der Waals surface area contributed by atoms with Gasteiger partial charge in [0.25, 0.3) is 5.69 Å². The summed E-state index contributed by atoms with van der Waals surface area (Å²) >= 11 is 0. The van der Waals surface area contributed by atoms with Gasteiger partial charge in [0.05, 0.1) is 11.5 Å². The number of nitro groups is 1. The number of piperidine rings is 1. The van der Waals surface area contributed by atoms with E-state index < -0.39 is 28.8 Å². The van der Waals surface area contributed by atoms with Gasteiger partial charge in [-0.1, -0.05) is 12.1 Å². The molecule has 9 heteroatoms. The van der Waals surface area contributed by atoms with Crippen LogP contribution in [0.15, 0.2) is 29.3 Å². The third kappa shape index (κ3) is 4.07. The number of rotatable bonds is 4. The molecule has 2 atom stereocenters. The molecule has 0 aliphatic carbocycles. The first kappa shape index (κ1) is 18.8. The highest BCUT2D eigenvalue weighted by Crippen LogP contribution is 2.32. The summed E-state index contributed by atoms with van der Waals surface area (Å²) < 4.78 is 5.05. The SMILES string of the molecule is CCOC(=O)[C@@H]1C(=O)NC(N2CCCCC2)=N[C@H]1c1cccc([N+](=O)[O-])c1. The van der Waals surface area contributed by atoms with E-state index in [1.165, 1.54) is 18.2 Å². The van der Waals surface area contributed by atoms with Gasteiger partial charge >= 0.3 is 5.97 Å². The Hall–Kier alpha value is -2.97. The van der Waals surface area contributed by atoms with Crippen LogP contribution < -0.4 is 5.32 Å². The van der Waals surface area contributed by atoms with Gasteiger partial charge in [0.1, 0.15) is 6.04 Å². The Bertz CT molecular complexity index is 773. The van der Waals surface area contributed by atoms with Gasteiger partial charge in [-0.3, -0.25) is 25.0 Å². The van der Waals surface area contributed by atoms with Crippen molar-refractivity contribution in [1.82, 2.24) is 10.2 Å². The predicted molar refractivity (Wildman–Crippen MR) is 97.0 cm³/mol. The van der Waals surface area contributed by atoms with Crippen molar-refractivity contribution in [2.45, 2.75) is 32.2 Å². The highest BCUT2D eigenvalue weighted by atomic mass is 16.6. The number of guanidine groups is 1. The smallest absolute Gasteiger partial charge is 0.321 e. The number of ether oxygens (including phenoxy) is 1. The van der Waals surface area contributed by atoms with Gasteiger partial charge in [0.2, 0.25) is 11.9 Å². The number of amides is 1. The summed E-state index contributed by atoms with van der Waals surface area (Å²) in [5.41, 5.74) is 0.322. The Kier molecular flexibility index (Phi) is 5.68. The van der Waals surface area contributed by atoms with Crippen LogP contribution in [0, 0.1) is 16.0 Å². The molecule has 1 aromatic carbocycles. The van der Waals surface area contributed by atoms with E-state index in [4.69, 9.17) is 4.74 Å². The summed E-state index contributed by atoms with van der Waals surface area (Å²) in [4.78, 5) is 42.3. The standard InChI is InChI=1S/C18H22N4O5/c1-2-27-17(24)14-15(12-7-6-8-13(11-12)22(25)26)19-18(20-16(14)23)21-9-4-3-5-10-21/h6-8,11,14-15H,2-5,9-10H2,1H3,(H,19,20,23)/t14-,15-/m0/s1. The largest absolute Gasteiger partial charge is 0.465 e. The minimum atomic E-state index is -1.18. The van der Waals surface area contributed by atoms with E-state index in [1.807, 2.05) is 4.90 Å². The van der Waals surface area contributed by atoms with Gasteiger partial charge < -0.3 is 9.64 Å². The zero-order chi connectivity index (χ0) is 19.4. The van der Waals surface area contributed by atoms with Gasteiger partial charge in [0.15, 0.2) is 5.92 Å². The first-order valence-electron chi connectivity index (χ1n) is 9.06. The lowest BCUT2D eigenvalue weighted by Gasteiger charge is -2.35. The first-order chi connectivity index (χ1) is 13.0. The monoisotopic (exact) mass is 374 g/mol. The molecule has 144 valence electrons. The fraction of sp³-hybridized carbons (Fsp3) is 0.500. The molecule has 2 heterocycles. The molecule has 9 nitrogen and oxygen atoms in total. The van der Waals surface area contributed by atoms with E-state index in [-0.39, 0.29) is 12.3 Å². The van der Waals surface area contributed by atoms with Crippen LogP contribution in [0.1, 0.15) is 37.8 Å². The molecule has 2 aliphatic heterocycles. The topological polar surface area (TPSA) is 114 Å². The van der Waals surface area contributed by atoms with Crippen LogP contribution in [0.5, 0.6) is 0 Å². The van der Waals surface area contributed by atoms with E-state index in [2.05, 4.69) is 10.3 Å². The number of aliphatic imine (C=N–C) groups is 1. The van der Waals surface area contributed by atoms with Crippen molar-refractivity contribution in [2.24, 2.45) is 10.9 Å². The molecule has 1 amide bonds. The molecule has 0 spiro atoms. The van der Waals surface area contributed by atoms with Crippen LogP contribution in [0.3, 0.4) is 0 Å². The molecule has 2 aliphatic rings. The second-order valence-corrected chi connectivity index (χ2v) is 6.52. The molecular weight excluding hydrogens is 352 g/mol. The van der Waals surface area contributed by atoms with Crippen LogP contribution >= 0.6 is 0 Å². The van der Waals surface area contributed by atoms with Gasteiger partial charge in [-0.2, -0.15) is 0 Å². The lowest BCUT2D eigenvalue weighted by Crippen LogP contribution is -2.53.